The lowest BCUT2D eigenvalue weighted by atomic mass is 10.3. The van der Waals surface area contributed by atoms with Gasteiger partial charge >= 0.3 is 5.69 Å². The number of nitrogens with zero attached hydrogens (tertiary/aromatic N) is 4. The lowest BCUT2D eigenvalue weighted by molar-refractivity contribution is 0.565. The smallest absolute Gasteiger partial charge is 0.330 e. The van der Waals surface area contributed by atoms with Crippen molar-refractivity contribution in [3.05, 3.63) is 27.9 Å². The molecule has 0 saturated heterocycles. The van der Waals surface area contributed by atoms with Gasteiger partial charge in [0.25, 0.3) is 5.78 Å². The Kier molecular flexibility index (Phi) is 2.74. The summed E-state index contributed by atoms with van der Waals surface area (Å²) in [5, 5.41) is 4.17. The van der Waals surface area contributed by atoms with E-state index in [2.05, 4.69) is 10.1 Å². The van der Waals surface area contributed by atoms with Crippen LogP contribution in [0.2, 0.25) is 0 Å². The Bertz CT molecular complexity index is 568. The Hall–Kier alpha value is -1.69. The van der Waals surface area contributed by atoms with Crippen LogP contribution in [0, 0.1) is 13.8 Å². The zero-order chi connectivity index (χ0) is 11.7. The van der Waals surface area contributed by atoms with Crippen LogP contribution in [-0.4, -0.2) is 25.7 Å². The van der Waals surface area contributed by atoms with Crippen molar-refractivity contribution in [2.75, 3.05) is 6.54 Å². The molecule has 0 fully saturated rings. The third-order valence-electron chi connectivity index (χ3n) is 2.44. The number of aryl methyl sites for hydroxylation is 3. The van der Waals surface area contributed by atoms with Gasteiger partial charge in [0.1, 0.15) is 0 Å². The predicted octanol–water partition coefficient (Wildman–Crippen LogP) is -0.143. The third kappa shape index (κ3) is 1.71. The van der Waals surface area contributed by atoms with Gasteiger partial charge < -0.3 is 5.73 Å². The maximum absolute atomic E-state index is 11.9. The Labute approximate surface area is 92.7 Å². The van der Waals surface area contributed by atoms with Crippen molar-refractivity contribution in [3.63, 3.8) is 0 Å². The Balaban J connectivity index is 2.59. The summed E-state index contributed by atoms with van der Waals surface area (Å²) in [7, 11) is 0. The van der Waals surface area contributed by atoms with Gasteiger partial charge in [0, 0.05) is 17.9 Å². The minimum Gasteiger partial charge on any atom is -0.330 e. The van der Waals surface area contributed by atoms with Crippen LogP contribution in [0.25, 0.3) is 5.78 Å². The maximum Gasteiger partial charge on any atom is 0.351 e. The molecule has 2 aromatic heterocycles. The van der Waals surface area contributed by atoms with Crippen molar-refractivity contribution < 1.29 is 0 Å². The van der Waals surface area contributed by atoms with E-state index in [1.165, 1.54) is 9.08 Å². The first-order valence-corrected chi connectivity index (χ1v) is 5.27. The number of hydrogen-bond donors (Lipinski definition) is 1. The standard InChI is InChI=1S/C10H15N5O/c1-7-6-8(2)15-9(12-7)13-14(10(15)16)5-3-4-11/h6H,3-5,11H2,1-2H3. The van der Waals surface area contributed by atoms with Crippen molar-refractivity contribution in [1.82, 2.24) is 19.2 Å². The second kappa shape index (κ2) is 4.05. The quantitative estimate of drug-likeness (QED) is 0.782. The molecule has 0 bridgehead atoms. The zero-order valence-electron chi connectivity index (χ0n) is 9.47. The van der Waals surface area contributed by atoms with Gasteiger partial charge in [-0.05, 0) is 32.9 Å². The highest BCUT2D eigenvalue weighted by atomic mass is 16.2. The van der Waals surface area contributed by atoms with Crippen molar-refractivity contribution in [1.29, 1.82) is 0 Å². The van der Waals surface area contributed by atoms with Crippen LogP contribution in [0.5, 0.6) is 0 Å². The molecule has 2 aromatic rings. The summed E-state index contributed by atoms with van der Waals surface area (Å²) in [5.41, 5.74) is 6.98. The molecule has 2 N–H and O–H groups in total. The van der Waals surface area contributed by atoms with E-state index in [-0.39, 0.29) is 5.69 Å². The first-order chi connectivity index (χ1) is 7.63. The summed E-state index contributed by atoms with van der Waals surface area (Å²) >= 11 is 0. The SMILES string of the molecule is Cc1cc(C)n2c(=O)n(CCCN)nc2n1. The molecule has 0 amide bonds. The zero-order valence-corrected chi connectivity index (χ0v) is 9.47. The fourth-order valence-corrected chi connectivity index (χ4v) is 1.72. The highest BCUT2D eigenvalue weighted by Gasteiger charge is 2.09. The fourth-order valence-electron chi connectivity index (χ4n) is 1.72. The lowest BCUT2D eigenvalue weighted by Crippen LogP contribution is -2.23. The molecule has 2 rings (SSSR count). The molecule has 0 spiro atoms. The van der Waals surface area contributed by atoms with E-state index in [4.69, 9.17) is 5.73 Å². The Morgan fingerprint density at radius 1 is 1.44 bits per heavy atom. The van der Waals surface area contributed by atoms with Crippen molar-refractivity contribution in [2.24, 2.45) is 5.73 Å². The molecule has 2 heterocycles. The second-order valence-electron chi connectivity index (χ2n) is 3.82. The molecule has 16 heavy (non-hydrogen) atoms. The monoisotopic (exact) mass is 221 g/mol. The number of nitrogens with two attached hydrogens (primary N) is 1. The van der Waals surface area contributed by atoms with Crippen LogP contribution < -0.4 is 11.4 Å². The first kappa shape index (κ1) is 10.8. The van der Waals surface area contributed by atoms with E-state index in [1.807, 2.05) is 19.9 Å². The molecule has 0 aliphatic heterocycles. The van der Waals surface area contributed by atoms with Gasteiger partial charge in [0.2, 0.25) is 0 Å². The van der Waals surface area contributed by atoms with Crippen LogP contribution in [0.15, 0.2) is 10.9 Å². The predicted molar refractivity (Wildman–Crippen MR) is 60.4 cm³/mol. The van der Waals surface area contributed by atoms with E-state index in [0.29, 0.717) is 18.9 Å². The molecule has 6 nitrogen and oxygen atoms in total. The van der Waals surface area contributed by atoms with Crippen LogP contribution in [0.4, 0.5) is 0 Å². The van der Waals surface area contributed by atoms with Crippen molar-refractivity contribution >= 4 is 5.78 Å². The maximum atomic E-state index is 11.9. The van der Waals surface area contributed by atoms with Crippen molar-refractivity contribution in [2.45, 2.75) is 26.8 Å². The average molecular weight is 221 g/mol. The van der Waals surface area contributed by atoms with Crippen molar-refractivity contribution in [3.8, 4) is 0 Å². The molecule has 0 saturated carbocycles. The molecule has 0 aliphatic rings. The molecular formula is C10H15N5O. The summed E-state index contributed by atoms with van der Waals surface area (Å²) in [6.45, 7) is 4.84. The summed E-state index contributed by atoms with van der Waals surface area (Å²) in [6, 6.07) is 1.86. The molecule has 0 aliphatic carbocycles. The average Bonchev–Trinajstić information content (AvgIpc) is 2.52. The van der Waals surface area contributed by atoms with Gasteiger partial charge in [-0.15, -0.1) is 5.10 Å². The summed E-state index contributed by atoms with van der Waals surface area (Å²) in [4.78, 5) is 16.2. The van der Waals surface area contributed by atoms with E-state index in [1.54, 1.807) is 0 Å². The van der Waals surface area contributed by atoms with Gasteiger partial charge in [-0.1, -0.05) is 0 Å². The minimum atomic E-state index is -0.145. The molecule has 0 aromatic carbocycles. The van der Waals surface area contributed by atoms with E-state index >= 15 is 0 Å². The van der Waals surface area contributed by atoms with Gasteiger partial charge in [0.05, 0.1) is 0 Å². The lowest BCUT2D eigenvalue weighted by Gasteiger charge is -1.97. The van der Waals surface area contributed by atoms with Gasteiger partial charge in [-0.25, -0.2) is 18.9 Å². The van der Waals surface area contributed by atoms with Crippen LogP contribution >= 0.6 is 0 Å². The van der Waals surface area contributed by atoms with Gasteiger partial charge in [-0.2, -0.15) is 0 Å². The van der Waals surface area contributed by atoms with Crippen LogP contribution in [-0.2, 0) is 6.54 Å². The first-order valence-electron chi connectivity index (χ1n) is 5.27. The van der Waals surface area contributed by atoms with E-state index < -0.39 is 0 Å². The summed E-state index contributed by atoms with van der Waals surface area (Å²) < 4.78 is 2.94. The molecule has 86 valence electrons. The number of hydrogen-bond acceptors (Lipinski definition) is 4. The minimum absolute atomic E-state index is 0.145. The number of rotatable bonds is 3. The fraction of sp³-hybridized carbons (Fsp3) is 0.500. The number of aromatic nitrogens is 4. The van der Waals surface area contributed by atoms with Gasteiger partial charge in [-0.3, -0.25) is 0 Å². The number of fused-ring (bicyclic) bond motifs is 1. The molecule has 0 atom stereocenters. The molecule has 0 unspecified atom stereocenters. The molecule has 0 radical (unpaired) electrons. The van der Waals surface area contributed by atoms with E-state index in [9.17, 15) is 4.79 Å². The Morgan fingerprint density at radius 2 is 2.19 bits per heavy atom. The van der Waals surface area contributed by atoms with Crippen LogP contribution in [0.1, 0.15) is 17.8 Å². The normalized spacial score (nSPS) is 11.2. The highest BCUT2D eigenvalue weighted by Crippen LogP contribution is 2.02. The summed E-state index contributed by atoms with van der Waals surface area (Å²) in [5.74, 6) is 0.458. The topological polar surface area (TPSA) is 78.2 Å². The van der Waals surface area contributed by atoms with E-state index in [0.717, 1.165) is 17.8 Å². The Morgan fingerprint density at radius 3 is 2.88 bits per heavy atom. The van der Waals surface area contributed by atoms with Crippen LogP contribution in [0.3, 0.4) is 0 Å². The largest absolute Gasteiger partial charge is 0.351 e. The molecule has 6 heteroatoms. The highest BCUT2D eigenvalue weighted by molar-refractivity contribution is 5.30. The summed E-state index contributed by atoms with van der Waals surface area (Å²) in [6.07, 6.45) is 0.738. The second-order valence-corrected chi connectivity index (χ2v) is 3.82. The van der Waals surface area contributed by atoms with Gasteiger partial charge in [0.15, 0.2) is 0 Å². The molecular weight excluding hydrogens is 206 g/mol. The third-order valence-corrected chi connectivity index (χ3v) is 2.44.